The number of carbonyl (C=O) groups is 1. The van der Waals surface area contributed by atoms with Gasteiger partial charge >= 0.3 is 0 Å². The van der Waals surface area contributed by atoms with E-state index in [2.05, 4.69) is 10.0 Å². The lowest BCUT2D eigenvalue weighted by molar-refractivity contribution is 0.0951. The summed E-state index contributed by atoms with van der Waals surface area (Å²) in [6.45, 7) is -0.129. The van der Waals surface area contributed by atoms with Gasteiger partial charge in [-0.15, -0.1) is 0 Å². The fourth-order valence-corrected chi connectivity index (χ4v) is 3.39. The van der Waals surface area contributed by atoms with Crippen molar-refractivity contribution in [3.8, 4) is 0 Å². The Labute approximate surface area is 146 Å². The maximum atomic E-state index is 12.3. The first-order valence-corrected chi connectivity index (χ1v) is 9.57. The van der Waals surface area contributed by atoms with Crippen LogP contribution in [0.15, 0.2) is 59.5 Å². The summed E-state index contributed by atoms with van der Waals surface area (Å²) in [5.74, 6) is -0.195. The van der Waals surface area contributed by atoms with Gasteiger partial charge in [-0.05, 0) is 42.7 Å². The van der Waals surface area contributed by atoms with Gasteiger partial charge in [0.05, 0.1) is 11.0 Å². The molecule has 2 aromatic carbocycles. The highest BCUT2D eigenvalue weighted by Crippen LogP contribution is 2.20. The van der Waals surface area contributed by atoms with Gasteiger partial charge in [-0.3, -0.25) is 4.79 Å². The van der Waals surface area contributed by atoms with Gasteiger partial charge in [0.1, 0.15) is 0 Å². The normalized spacial score (nSPS) is 15.6. The predicted octanol–water partition coefficient (Wildman–Crippen LogP) is 1.59. The van der Waals surface area contributed by atoms with Gasteiger partial charge in [-0.2, -0.15) is 0 Å². The van der Waals surface area contributed by atoms with E-state index in [1.165, 1.54) is 24.3 Å². The first kappa shape index (κ1) is 17.6. The van der Waals surface area contributed by atoms with Crippen LogP contribution in [-0.2, 0) is 10.0 Å². The SMILES string of the molecule is O=C(NC1CC1)c1ccc(S(=O)(=O)NCC(O)c2ccccc2)cc1. The van der Waals surface area contributed by atoms with Crippen molar-refractivity contribution in [3.63, 3.8) is 0 Å². The fourth-order valence-electron chi connectivity index (χ4n) is 2.35. The first-order chi connectivity index (χ1) is 12.0. The second-order valence-corrected chi connectivity index (χ2v) is 7.82. The molecule has 0 aromatic heterocycles. The van der Waals surface area contributed by atoms with Crippen LogP contribution in [-0.4, -0.2) is 32.0 Å². The molecule has 3 rings (SSSR count). The van der Waals surface area contributed by atoms with Crippen LogP contribution < -0.4 is 10.0 Å². The van der Waals surface area contributed by atoms with Crippen LogP contribution in [0.1, 0.15) is 34.9 Å². The van der Waals surface area contributed by atoms with E-state index in [0.29, 0.717) is 11.1 Å². The average Bonchev–Trinajstić information content (AvgIpc) is 3.44. The van der Waals surface area contributed by atoms with E-state index in [0.717, 1.165) is 12.8 Å². The van der Waals surface area contributed by atoms with Crippen molar-refractivity contribution >= 4 is 15.9 Å². The third kappa shape index (κ3) is 4.66. The number of carbonyl (C=O) groups excluding carboxylic acids is 1. The second-order valence-electron chi connectivity index (χ2n) is 6.05. The van der Waals surface area contributed by atoms with Gasteiger partial charge < -0.3 is 10.4 Å². The number of nitrogens with one attached hydrogen (secondary N) is 2. The molecule has 0 spiro atoms. The summed E-state index contributed by atoms with van der Waals surface area (Å²) >= 11 is 0. The minimum Gasteiger partial charge on any atom is -0.387 e. The standard InChI is InChI=1S/C18H20N2O4S/c21-17(13-4-2-1-3-5-13)12-19-25(23,24)16-10-6-14(7-11-16)18(22)20-15-8-9-15/h1-7,10-11,15,17,19,21H,8-9,12H2,(H,20,22). The van der Waals surface area contributed by atoms with E-state index in [4.69, 9.17) is 0 Å². The Kier molecular flexibility index (Phi) is 5.17. The highest BCUT2D eigenvalue weighted by atomic mass is 32.2. The summed E-state index contributed by atoms with van der Waals surface area (Å²) in [4.78, 5) is 12.0. The van der Waals surface area contributed by atoms with Crippen LogP contribution in [0.25, 0.3) is 0 Å². The molecule has 0 saturated heterocycles. The Bertz CT molecular complexity index is 831. The fraction of sp³-hybridized carbons (Fsp3) is 0.278. The van der Waals surface area contributed by atoms with Crippen molar-refractivity contribution in [1.29, 1.82) is 0 Å². The lowest BCUT2D eigenvalue weighted by Gasteiger charge is -2.13. The molecule has 1 atom stereocenters. The van der Waals surface area contributed by atoms with Crippen molar-refractivity contribution in [2.75, 3.05) is 6.54 Å². The summed E-state index contributed by atoms with van der Waals surface area (Å²) in [7, 11) is -3.76. The highest BCUT2D eigenvalue weighted by Gasteiger charge is 2.24. The first-order valence-electron chi connectivity index (χ1n) is 8.09. The molecule has 25 heavy (non-hydrogen) atoms. The summed E-state index contributed by atoms with van der Waals surface area (Å²) in [6, 6.07) is 14.8. The Morgan fingerprint density at radius 1 is 1.08 bits per heavy atom. The zero-order valence-corrected chi connectivity index (χ0v) is 14.4. The van der Waals surface area contributed by atoms with E-state index in [-0.39, 0.29) is 23.4 Å². The van der Waals surface area contributed by atoms with Gasteiger partial charge in [0.15, 0.2) is 0 Å². The van der Waals surface area contributed by atoms with Crippen LogP contribution in [0.3, 0.4) is 0 Å². The molecule has 0 bridgehead atoms. The summed E-state index contributed by atoms with van der Waals surface area (Å²) in [5.41, 5.74) is 1.06. The topological polar surface area (TPSA) is 95.5 Å². The van der Waals surface area contributed by atoms with Crippen molar-refractivity contribution in [2.45, 2.75) is 29.9 Å². The predicted molar refractivity (Wildman–Crippen MR) is 93.5 cm³/mol. The number of aliphatic hydroxyl groups excluding tert-OH is 1. The summed E-state index contributed by atoms with van der Waals surface area (Å²) in [5, 5.41) is 12.9. The zero-order valence-electron chi connectivity index (χ0n) is 13.6. The maximum Gasteiger partial charge on any atom is 0.251 e. The molecule has 2 aromatic rings. The van der Waals surface area contributed by atoms with E-state index in [1.54, 1.807) is 24.3 Å². The smallest absolute Gasteiger partial charge is 0.251 e. The quantitative estimate of drug-likeness (QED) is 0.699. The van der Waals surface area contributed by atoms with Crippen molar-refractivity contribution < 1.29 is 18.3 Å². The molecule has 7 heteroatoms. The summed E-state index contributed by atoms with van der Waals surface area (Å²) in [6.07, 6.45) is 1.05. The van der Waals surface area contributed by atoms with Crippen LogP contribution >= 0.6 is 0 Å². The Hall–Kier alpha value is -2.22. The number of amides is 1. The van der Waals surface area contributed by atoms with Gasteiger partial charge in [-0.1, -0.05) is 30.3 Å². The number of benzene rings is 2. The third-order valence-electron chi connectivity index (χ3n) is 3.99. The second kappa shape index (κ2) is 7.35. The Morgan fingerprint density at radius 2 is 1.72 bits per heavy atom. The minimum absolute atomic E-state index is 0.0516. The molecule has 1 aliphatic rings. The van der Waals surface area contributed by atoms with E-state index >= 15 is 0 Å². The molecular formula is C18H20N2O4S. The van der Waals surface area contributed by atoms with Crippen LogP contribution in [0.2, 0.25) is 0 Å². The van der Waals surface area contributed by atoms with Crippen LogP contribution in [0, 0.1) is 0 Å². The number of sulfonamides is 1. The van der Waals surface area contributed by atoms with Gasteiger partial charge in [0.2, 0.25) is 10.0 Å². The average molecular weight is 360 g/mol. The van der Waals surface area contributed by atoms with Crippen molar-refractivity contribution in [2.24, 2.45) is 0 Å². The molecule has 0 radical (unpaired) electrons. The molecule has 0 heterocycles. The van der Waals surface area contributed by atoms with Gasteiger partial charge in [-0.25, -0.2) is 13.1 Å². The molecule has 1 amide bonds. The monoisotopic (exact) mass is 360 g/mol. The van der Waals surface area contributed by atoms with E-state index < -0.39 is 16.1 Å². The molecule has 6 nitrogen and oxygen atoms in total. The molecule has 3 N–H and O–H groups in total. The lowest BCUT2D eigenvalue weighted by atomic mass is 10.1. The van der Waals surface area contributed by atoms with Gasteiger partial charge in [0.25, 0.3) is 5.91 Å². The van der Waals surface area contributed by atoms with Crippen molar-refractivity contribution in [3.05, 3.63) is 65.7 Å². The van der Waals surface area contributed by atoms with Crippen LogP contribution in [0.4, 0.5) is 0 Å². The number of aliphatic hydroxyl groups is 1. The third-order valence-corrected chi connectivity index (χ3v) is 5.43. The van der Waals surface area contributed by atoms with E-state index in [1.807, 2.05) is 6.07 Å². The molecule has 1 saturated carbocycles. The lowest BCUT2D eigenvalue weighted by Crippen LogP contribution is -2.29. The van der Waals surface area contributed by atoms with Gasteiger partial charge in [0, 0.05) is 18.2 Å². The number of hydrogen-bond donors (Lipinski definition) is 3. The van der Waals surface area contributed by atoms with E-state index in [9.17, 15) is 18.3 Å². The molecule has 1 aliphatic carbocycles. The molecule has 1 fully saturated rings. The summed E-state index contributed by atoms with van der Waals surface area (Å²) < 4.78 is 27.0. The molecule has 132 valence electrons. The maximum absolute atomic E-state index is 12.3. The molecule has 0 aliphatic heterocycles. The molecule has 1 unspecified atom stereocenters. The van der Waals surface area contributed by atoms with Crippen LogP contribution in [0.5, 0.6) is 0 Å². The number of hydrogen-bond acceptors (Lipinski definition) is 4. The minimum atomic E-state index is -3.76. The van der Waals surface area contributed by atoms with Crippen molar-refractivity contribution in [1.82, 2.24) is 10.0 Å². The molecular weight excluding hydrogens is 340 g/mol. The highest BCUT2D eigenvalue weighted by molar-refractivity contribution is 7.89. The largest absolute Gasteiger partial charge is 0.387 e. The Balaban J connectivity index is 1.62. The Morgan fingerprint density at radius 3 is 2.32 bits per heavy atom. The zero-order chi connectivity index (χ0) is 17.9. The number of rotatable bonds is 7.